The number of aryl methyl sites for hydroxylation is 1. The second kappa shape index (κ2) is 4.62. The molecule has 0 unspecified atom stereocenters. The molecule has 0 radical (unpaired) electrons. The van der Waals surface area contributed by atoms with Crippen molar-refractivity contribution in [2.75, 3.05) is 12.4 Å². The fourth-order valence-electron chi connectivity index (χ4n) is 1.86. The molecule has 0 saturated heterocycles. The summed E-state index contributed by atoms with van der Waals surface area (Å²) in [6.07, 6.45) is 7.93. The molecule has 3 nitrogen and oxygen atoms in total. The van der Waals surface area contributed by atoms with Crippen LogP contribution in [-0.4, -0.2) is 18.4 Å². The first-order valence-electron chi connectivity index (χ1n) is 5.16. The summed E-state index contributed by atoms with van der Waals surface area (Å²) >= 11 is 6.30. The smallest absolute Gasteiger partial charge is 0.0865 e. The van der Waals surface area contributed by atoms with Gasteiger partial charge in [-0.2, -0.15) is 0 Å². The minimum atomic E-state index is 0.805. The summed E-state index contributed by atoms with van der Waals surface area (Å²) in [6, 6.07) is 0. The highest BCUT2D eigenvalue weighted by Crippen LogP contribution is 2.31. The van der Waals surface area contributed by atoms with Crippen LogP contribution in [0.25, 0.3) is 0 Å². The van der Waals surface area contributed by atoms with Gasteiger partial charge in [0.1, 0.15) is 0 Å². The molecule has 0 bridgehead atoms. The first kappa shape index (κ1) is 10.4. The van der Waals surface area contributed by atoms with Crippen molar-refractivity contribution < 1.29 is 0 Å². The molecule has 1 aromatic heterocycles. The van der Waals surface area contributed by atoms with Crippen LogP contribution in [0.15, 0.2) is 11.2 Å². The Morgan fingerprint density at radius 1 is 1.47 bits per heavy atom. The Morgan fingerprint density at radius 2 is 2.27 bits per heavy atom. The SMILES string of the molecule is CN=CNc1cnc2c(c1Cl)CCCC2. The van der Waals surface area contributed by atoms with Gasteiger partial charge in [0.05, 0.1) is 23.2 Å². The lowest BCUT2D eigenvalue weighted by atomic mass is 9.96. The van der Waals surface area contributed by atoms with Crippen molar-refractivity contribution >= 4 is 23.6 Å². The minimum Gasteiger partial charge on any atom is -0.344 e. The number of halogens is 1. The van der Waals surface area contributed by atoms with Crippen LogP contribution in [-0.2, 0) is 12.8 Å². The third-order valence-corrected chi connectivity index (χ3v) is 3.07. The highest BCUT2D eigenvalue weighted by atomic mass is 35.5. The number of nitrogens with zero attached hydrogens (tertiary/aromatic N) is 2. The summed E-state index contributed by atoms with van der Waals surface area (Å²) in [5, 5.41) is 3.83. The van der Waals surface area contributed by atoms with Gasteiger partial charge in [-0.05, 0) is 31.2 Å². The number of rotatable bonds is 2. The van der Waals surface area contributed by atoms with E-state index in [1.165, 1.54) is 18.4 Å². The molecule has 4 heteroatoms. The summed E-state index contributed by atoms with van der Waals surface area (Å²) in [5.41, 5.74) is 3.21. The van der Waals surface area contributed by atoms with Crippen molar-refractivity contribution in [3.63, 3.8) is 0 Å². The normalized spacial score (nSPS) is 15.3. The Hall–Kier alpha value is -1.09. The van der Waals surface area contributed by atoms with Crippen LogP contribution in [0.4, 0.5) is 5.69 Å². The molecule has 15 heavy (non-hydrogen) atoms. The second-order valence-corrected chi connectivity index (χ2v) is 4.03. The lowest BCUT2D eigenvalue weighted by molar-refractivity contribution is 0.668. The topological polar surface area (TPSA) is 37.3 Å². The number of aromatic nitrogens is 1. The van der Waals surface area contributed by atoms with Gasteiger partial charge in [-0.1, -0.05) is 11.6 Å². The van der Waals surface area contributed by atoms with Crippen molar-refractivity contribution in [3.8, 4) is 0 Å². The molecule has 1 aliphatic carbocycles. The fourth-order valence-corrected chi connectivity index (χ4v) is 2.17. The number of fused-ring (bicyclic) bond motifs is 1. The van der Waals surface area contributed by atoms with E-state index >= 15 is 0 Å². The van der Waals surface area contributed by atoms with Gasteiger partial charge < -0.3 is 5.32 Å². The zero-order chi connectivity index (χ0) is 10.7. The van der Waals surface area contributed by atoms with E-state index in [2.05, 4.69) is 15.3 Å². The minimum absolute atomic E-state index is 0.805. The molecule has 1 aliphatic rings. The zero-order valence-corrected chi connectivity index (χ0v) is 9.51. The molecular weight excluding hydrogens is 210 g/mol. The summed E-state index contributed by atoms with van der Waals surface area (Å²) in [4.78, 5) is 8.29. The Bertz CT molecular complexity index is 388. The van der Waals surface area contributed by atoms with E-state index in [4.69, 9.17) is 11.6 Å². The Labute approximate surface area is 94.6 Å². The number of anilines is 1. The van der Waals surface area contributed by atoms with E-state index in [9.17, 15) is 0 Å². The first-order chi connectivity index (χ1) is 7.33. The lowest BCUT2D eigenvalue weighted by Crippen LogP contribution is -2.08. The van der Waals surface area contributed by atoms with Gasteiger partial charge >= 0.3 is 0 Å². The largest absolute Gasteiger partial charge is 0.344 e. The van der Waals surface area contributed by atoms with Crippen LogP contribution in [0.3, 0.4) is 0 Å². The maximum absolute atomic E-state index is 6.30. The average molecular weight is 224 g/mol. The highest BCUT2D eigenvalue weighted by molar-refractivity contribution is 6.34. The quantitative estimate of drug-likeness (QED) is 0.618. The second-order valence-electron chi connectivity index (χ2n) is 3.65. The molecule has 80 valence electrons. The van der Waals surface area contributed by atoms with E-state index in [1.807, 2.05) is 0 Å². The Balaban J connectivity index is 2.34. The molecule has 0 spiro atoms. The van der Waals surface area contributed by atoms with Gasteiger partial charge in [-0.3, -0.25) is 9.98 Å². The summed E-state index contributed by atoms with van der Waals surface area (Å²) in [7, 11) is 1.72. The van der Waals surface area contributed by atoms with Gasteiger partial charge in [-0.15, -0.1) is 0 Å². The molecule has 0 amide bonds. The predicted molar refractivity (Wildman–Crippen MR) is 63.9 cm³/mol. The number of pyridine rings is 1. The summed E-state index contributed by atoms with van der Waals surface area (Å²) in [6.45, 7) is 0. The molecule has 0 fully saturated rings. The van der Waals surface area contributed by atoms with E-state index in [1.54, 1.807) is 19.6 Å². The third kappa shape index (κ3) is 2.12. The monoisotopic (exact) mass is 223 g/mol. The Kier molecular flexibility index (Phi) is 3.21. The predicted octanol–water partition coefficient (Wildman–Crippen LogP) is 2.68. The highest BCUT2D eigenvalue weighted by Gasteiger charge is 2.15. The molecule has 0 atom stereocenters. The zero-order valence-electron chi connectivity index (χ0n) is 8.76. The number of hydrogen-bond donors (Lipinski definition) is 1. The van der Waals surface area contributed by atoms with Gasteiger partial charge in [-0.25, -0.2) is 0 Å². The third-order valence-electron chi connectivity index (χ3n) is 2.64. The van der Waals surface area contributed by atoms with E-state index in [0.29, 0.717) is 0 Å². The molecule has 1 heterocycles. The molecule has 0 aliphatic heterocycles. The molecule has 2 rings (SSSR count). The van der Waals surface area contributed by atoms with Crippen molar-refractivity contribution in [3.05, 3.63) is 22.5 Å². The summed E-state index contributed by atoms with van der Waals surface area (Å²) < 4.78 is 0. The lowest BCUT2D eigenvalue weighted by Gasteiger charge is -2.17. The number of aliphatic imine (C=N–C) groups is 1. The van der Waals surface area contributed by atoms with Crippen molar-refractivity contribution in [1.29, 1.82) is 0 Å². The van der Waals surface area contributed by atoms with Gasteiger partial charge in [0, 0.05) is 12.7 Å². The van der Waals surface area contributed by atoms with Crippen LogP contribution in [0.5, 0.6) is 0 Å². The van der Waals surface area contributed by atoms with Crippen molar-refractivity contribution in [2.45, 2.75) is 25.7 Å². The molecule has 1 N–H and O–H groups in total. The number of nitrogens with one attached hydrogen (secondary N) is 1. The first-order valence-corrected chi connectivity index (χ1v) is 5.54. The van der Waals surface area contributed by atoms with Gasteiger partial charge in [0.2, 0.25) is 0 Å². The summed E-state index contributed by atoms with van der Waals surface area (Å²) in [5.74, 6) is 0. The van der Waals surface area contributed by atoms with E-state index < -0.39 is 0 Å². The van der Waals surface area contributed by atoms with E-state index in [-0.39, 0.29) is 0 Å². The number of hydrogen-bond acceptors (Lipinski definition) is 2. The maximum Gasteiger partial charge on any atom is 0.0865 e. The molecule has 0 saturated carbocycles. The van der Waals surface area contributed by atoms with Crippen LogP contribution < -0.4 is 5.32 Å². The van der Waals surface area contributed by atoms with Crippen LogP contribution >= 0.6 is 11.6 Å². The average Bonchev–Trinajstić information content (AvgIpc) is 2.29. The van der Waals surface area contributed by atoms with Crippen molar-refractivity contribution in [1.82, 2.24) is 4.98 Å². The van der Waals surface area contributed by atoms with Crippen molar-refractivity contribution in [2.24, 2.45) is 4.99 Å². The van der Waals surface area contributed by atoms with Gasteiger partial charge in [0.15, 0.2) is 0 Å². The molecular formula is C11H14ClN3. The standard InChI is InChI=1S/C11H14ClN3/c1-13-7-15-10-6-14-9-5-3-2-4-8(9)11(10)12/h6-7H,2-5H2,1H3,(H,13,15). The van der Waals surface area contributed by atoms with E-state index in [0.717, 1.165) is 29.2 Å². The van der Waals surface area contributed by atoms with Crippen LogP contribution in [0.1, 0.15) is 24.1 Å². The fraction of sp³-hybridized carbons (Fsp3) is 0.455. The van der Waals surface area contributed by atoms with Crippen LogP contribution in [0.2, 0.25) is 5.02 Å². The Morgan fingerprint density at radius 3 is 3.07 bits per heavy atom. The van der Waals surface area contributed by atoms with Gasteiger partial charge in [0.25, 0.3) is 0 Å². The van der Waals surface area contributed by atoms with Crippen LogP contribution in [0, 0.1) is 0 Å². The maximum atomic E-state index is 6.30. The molecule has 0 aromatic carbocycles. The molecule has 1 aromatic rings.